The molecule has 1 aromatic rings. The van der Waals surface area contributed by atoms with E-state index in [4.69, 9.17) is 5.11 Å². The molecule has 0 aliphatic carbocycles. The molecule has 1 N–H and O–H groups in total. The van der Waals surface area contributed by atoms with Crippen molar-refractivity contribution in [2.75, 3.05) is 32.8 Å². The number of rotatable bonds is 3. The number of aryl methyl sites for hydroxylation is 2. The van der Waals surface area contributed by atoms with Gasteiger partial charge in [-0.1, -0.05) is 6.07 Å². The van der Waals surface area contributed by atoms with E-state index in [0.29, 0.717) is 18.7 Å². The highest BCUT2D eigenvalue weighted by atomic mass is 19.1. The molecule has 1 aliphatic heterocycles. The summed E-state index contributed by atoms with van der Waals surface area (Å²) >= 11 is 0. The zero-order valence-corrected chi connectivity index (χ0v) is 12.0. The van der Waals surface area contributed by atoms with Crippen molar-refractivity contribution in [3.8, 4) is 0 Å². The van der Waals surface area contributed by atoms with Crippen LogP contribution in [0.4, 0.5) is 4.39 Å². The normalized spacial score (nSPS) is 16.5. The van der Waals surface area contributed by atoms with Gasteiger partial charge < -0.3 is 10.0 Å². The maximum atomic E-state index is 13.4. The Balaban J connectivity index is 1.96. The molecule has 110 valence electrons. The number of amides is 1. The zero-order valence-electron chi connectivity index (χ0n) is 12.0. The summed E-state index contributed by atoms with van der Waals surface area (Å²) in [4.78, 5) is 15.3. The third kappa shape index (κ3) is 3.35. The largest absolute Gasteiger partial charge is 0.387 e. The molecule has 5 heteroatoms. The van der Waals surface area contributed by atoms with Gasteiger partial charge in [-0.2, -0.15) is 0 Å². The van der Waals surface area contributed by atoms with Crippen LogP contribution in [-0.4, -0.2) is 53.6 Å². The summed E-state index contributed by atoms with van der Waals surface area (Å²) in [5.41, 5.74) is 2.76. The maximum absolute atomic E-state index is 13.4. The van der Waals surface area contributed by atoms with E-state index in [9.17, 15) is 9.18 Å². The zero-order chi connectivity index (χ0) is 14.7. The van der Waals surface area contributed by atoms with E-state index in [2.05, 4.69) is 4.90 Å². The van der Waals surface area contributed by atoms with Gasteiger partial charge in [-0.3, -0.25) is 9.69 Å². The minimum Gasteiger partial charge on any atom is -0.387 e. The summed E-state index contributed by atoms with van der Waals surface area (Å²) in [5, 5.41) is 8.84. The molecule has 0 bridgehead atoms. The Morgan fingerprint density at radius 1 is 1.20 bits per heavy atom. The van der Waals surface area contributed by atoms with Crippen LogP contribution in [0.15, 0.2) is 12.1 Å². The lowest BCUT2D eigenvalue weighted by Gasteiger charge is -2.34. The summed E-state index contributed by atoms with van der Waals surface area (Å²) in [5.74, 6) is -0.372. The van der Waals surface area contributed by atoms with Crippen LogP contribution in [0.2, 0.25) is 0 Å². The van der Waals surface area contributed by atoms with Crippen LogP contribution < -0.4 is 0 Å². The number of nitrogens with zero attached hydrogens (tertiary/aromatic N) is 2. The number of benzene rings is 1. The fraction of sp³-hybridized carbons (Fsp3) is 0.533. The van der Waals surface area contributed by atoms with E-state index in [-0.39, 0.29) is 11.7 Å². The van der Waals surface area contributed by atoms with E-state index in [1.54, 1.807) is 17.9 Å². The number of carbonyl (C=O) groups excluding carboxylic acids is 1. The Bertz CT molecular complexity index is 497. The SMILES string of the molecule is Cc1cc(CN2CCN(C(=O)CO)CC2)c(C)cc1F. The second kappa shape index (κ2) is 6.33. The Labute approximate surface area is 118 Å². The Kier molecular flexibility index (Phi) is 4.73. The quantitative estimate of drug-likeness (QED) is 0.901. The predicted molar refractivity (Wildman–Crippen MR) is 74.8 cm³/mol. The fourth-order valence-corrected chi connectivity index (χ4v) is 2.51. The fourth-order valence-electron chi connectivity index (χ4n) is 2.51. The van der Waals surface area contributed by atoms with E-state index < -0.39 is 6.61 Å². The van der Waals surface area contributed by atoms with Crippen LogP contribution in [0.25, 0.3) is 0 Å². The number of halogens is 1. The smallest absolute Gasteiger partial charge is 0.248 e. The molecule has 0 atom stereocenters. The molecule has 1 amide bonds. The first-order valence-electron chi connectivity index (χ1n) is 6.88. The molecule has 1 fully saturated rings. The molecule has 1 heterocycles. The first kappa shape index (κ1) is 14.9. The van der Waals surface area contributed by atoms with Gasteiger partial charge in [0, 0.05) is 32.7 Å². The Morgan fingerprint density at radius 3 is 2.45 bits per heavy atom. The highest BCUT2D eigenvalue weighted by Gasteiger charge is 2.20. The van der Waals surface area contributed by atoms with Gasteiger partial charge in [-0.15, -0.1) is 0 Å². The third-order valence-corrected chi connectivity index (χ3v) is 3.87. The highest BCUT2D eigenvalue weighted by molar-refractivity contribution is 5.77. The molecular formula is C15H21FN2O2. The molecule has 1 aliphatic rings. The topological polar surface area (TPSA) is 43.8 Å². The molecule has 1 saturated heterocycles. The second-order valence-corrected chi connectivity index (χ2v) is 5.34. The molecule has 0 aromatic heterocycles. The molecule has 4 nitrogen and oxygen atoms in total. The van der Waals surface area contributed by atoms with Crippen LogP contribution in [-0.2, 0) is 11.3 Å². The standard InChI is InChI=1S/C15H21FN2O2/c1-11-8-14(16)12(2)7-13(11)9-17-3-5-18(6-4-17)15(20)10-19/h7-8,19H,3-6,9-10H2,1-2H3. The number of aliphatic hydroxyl groups excluding tert-OH is 1. The van der Waals surface area contributed by atoms with Gasteiger partial charge in [0.25, 0.3) is 0 Å². The van der Waals surface area contributed by atoms with Crippen molar-refractivity contribution in [2.45, 2.75) is 20.4 Å². The molecule has 0 spiro atoms. The van der Waals surface area contributed by atoms with Crippen LogP contribution >= 0.6 is 0 Å². The van der Waals surface area contributed by atoms with Crippen molar-refractivity contribution in [1.29, 1.82) is 0 Å². The van der Waals surface area contributed by atoms with Gasteiger partial charge >= 0.3 is 0 Å². The van der Waals surface area contributed by atoms with Crippen molar-refractivity contribution in [3.63, 3.8) is 0 Å². The lowest BCUT2D eigenvalue weighted by atomic mass is 10.0. The number of hydrogen-bond donors (Lipinski definition) is 1. The van der Waals surface area contributed by atoms with Gasteiger partial charge in [0.1, 0.15) is 12.4 Å². The Hall–Kier alpha value is -1.46. The molecular weight excluding hydrogens is 259 g/mol. The number of carbonyl (C=O) groups is 1. The van der Waals surface area contributed by atoms with Gasteiger partial charge in [-0.25, -0.2) is 4.39 Å². The van der Waals surface area contributed by atoms with Crippen molar-refractivity contribution in [1.82, 2.24) is 9.80 Å². The van der Waals surface area contributed by atoms with Crippen molar-refractivity contribution in [3.05, 3.63) is 34.6 Å². The van der Waals surface area contributed by atoms with E-state index >= 15 is 0 Å². The average Bonchev–Trinajstić information content (AvgIpc) is 2.44. The molecule has 0 saturated carbocycles. The van der Waals surface area contributed by atoms with Gasteiger partial charge in [-0.05, 0) is 36.6 Å². The van der Waals surface area contributed by atoms with Gasteiger partial charge in [0.15, 0.2) is 0 Å². The van der Waals surface area contributed by atoms with Crippen LogP contribution in [0.1, 0.15) is 16.7 Å². The van der Waals surface area contributed by atoms with Crippen LogP contribution in [0.5, 0.6) is 0 Å². The van der Waals surface area contributed by atoms with Crippen LogP contribution in [0, 0.1) is 19.7 Å². The van der Waals surface area contributed by atoms with E-state index in [0.717, 1.165) is 30.8 Å². The number of hydrogen-bond acceptors (Lipinski definition) is 3. The summed E-state index contributed by atoms with van der Waals surface area (Å²) in [6.45, 7) is 6.88. The van der Waals surface area contributed by atoms with Crippen LogP contribution in [0.3, 0.4) is 0 Å². The predicted octanol–water partition coefficient (Wildman–Crippen LogP) is 1.08. The monoisotopic (exact) mass is 280 g/mol. The molecule has 1 aromatic carbocycles. The van der Waals surface area contributed by atoms with E-state index in [1.165, 1.54) is 0 Å². The summed E-state index contributed by atoms with van der Waals surface area (Å²) in [6.07, 6.45) is 0. The summed E-state index contributed by atoms with van der Waals surface area (Å²) in [7, 11) is 0. The van der Waals surface area contributed by atoms with Gasteiger partial charge in [0.05, 0.1) is 0 Å². The minimum absolute atomic E-state index is 0.162. The first-order valence-corrected chi connectivity index (χ1v) is 6.88. The maximum Gasteiger partial charge on any atom is 0.248 e. The van der Waals surface area contributed by atoms with Crippen molar-refractivity contribution < 1.29 is 14.3 Å². The van der Waals surface area contributed by atoms with Crippen molar-refractivity contribution in [2.24, 2.45) is 0 Å². The average molecular weight is 280 g/mol. The Morgan fingerprint density at radius 2 is 1.85 bits per heavy atom. The van der Waals surface area contributed by atoms with E-state index in [1.807, 2.05) is 13.0 Å². The molecule has 2 rings (SSSR count). The molecule has 0 unspecified atom stereocenters. The summed E-state index contributed by atoms with van der Waals surface area (Å²) < 4.78 is 13.4. The lowest BCUT2D eigenvalue weighted by Crippen LogP contribution is -2.49. The third-order valence-electron chi connectivity index (χ3n) is 3.87. The minimum atomic E-state index is -0.420. The van der Waals surface area contributed by atoms with Gasteiger partial charge in [0.2, 0.25) is 5.91 Å². The number of piperazine rings is 1. The highest BCUT2D eigenvalue weighted by Crippen LogP contribution is 2.17. The molecule has 20 heavy (non-hydrogen) atoms. The van der Waals surface area contributed by atoms with Crippen molar-refractivity contribution >= 4 is 5.91 Å². The number of aliphatic hydroxyl groups is 1. The first-order chi connectivity index (χ1) is 9.51. The second-order valence-electron chi connectivity index (χ2n) is 5.34. The lowest BCUT2D eigenvalue weighted by molar-refractivity contribution is -0.135. The molecule has 0 radical (unpaired) electrons. The summed E-state index contributed by atoms with van der Waals surface area (Å²) in [6, 6.07) is 3.48.